The zero-order valence-corrected chi connectivity index (χ0v) is 21.1. The molecule has 0 bridgehead atoms. The molecule has 3 nitrogen and oxygen atoms in total. The molecular weight excluding hydrogens is 515 g/mol. The van der Waals surface area contributed by atoms with E-state index in [2.05, 4.69) is 72.9 Å². The predicted octanol–water partition coefficient (Wildman–Crippen LogP) is 7.51. The molecule has 0 radical (unpaired) electrons. The third kappa shape index (κ3) is 5.26. The van der Waals surface area contributed by atoms with Crippen LogP contribution in [0.15, 0.2) is 59.6 Å². The Morgan fingerprint density at radius 3 is 2.52 bits per heavy atom. The highest BCUT2D eigenvalue weighted by Crippen LogP contribution is 2.45. The van der Waals surface area contributed by atoms with E-state index in [4.69, 9.17) is 4.99 Å². The summed E-state index contributed by atoms with van der Waals surface area (Å²) in [6.07, 6.45) is 4.94. The first-order valence-electron chi connectivity index (χ1n) is 10.6. The average Bonchev–Trinajstić information content (AvgIpc) is 3.11. The van der Waals surface area contributed by atoms with Crippen LogP contribution in [0.2, 0.25) is 0 Å². The lowest BCUT2D eigenvalue weighted by atomic mass is 9.72. The summed E-state index contributed by atoms with van der Waals surface area (Å²) in [7, 11) is 0. The Bertz CT molecular complexity index is 1090. The molecule has 1 atom stereocenters. The molecule has 1 aromatic heterocycles. The van der Waals surface area contributed by atoms with Crippen LogP contribution >= 0.6 is 33.9 Å². The van der Waals surface area contributed by atoms with Gasteiger partial charge in [-0.2, -0.15) is 0 Å². The molecule has 1 N–H and O–H groups in total. The number of anilines is 1. The van der Waals surface area contributed by atoms with E-state index in [0.29, 0.717) is 5.92 Å². The van der Waals surface area contributed by atoms with Crippen LogP contribution in [0, 0.1) is 14.9 Å². The van der Waals surface area contributed by atoms with Crippen molar-refractivity contribution in [2.24, 2.45) is 16.3 Å². The number of hydrogen-bond acceptors (Lipinski definition) is 3. The van der Waals surface area contributed by atoms with Gasteiger partial charge >= 0.3 is 0 Å². The quantitative estimate of drug-likeness (QED) is 0.269. The van der Waals surface area contributed by atoms with Gasteiger partial charge in [-0.15, -0.1) is 11.3 Å². The zero-order chi connectivity index (χ0) is 22.0. The summed E-state index contributed by atoms with van der Waals surface area (Å²) in [6.45, 7) is 6.94. The maximum Gasteiger partial charge on any atom is 0.259 e. The van der Waals surface area contributed by atoms with Crippen LogP contribution in [-0.2, 0) is 12.8 Å². The Kier molecular flexibility index (Phi) is 6.63. The fraction of sp³-hybridized carbons (Fsp3) is 0.308. The standard InChI is InChI=1S/C26H27IN2OS/c1-26(2,3)18-11-14-21-22(15-18)31-25(28-16-17-9-12-19(27)13-10-17)23(21)24(30)29-20-7-5-4-6-8-20/h4-10,12-13,16,18H,11,14-15H2,1-3H3,(H,29,30)/t18-/m1/s1. The van der Waals surface area contributed by atoms with Gasteiger partial charge in [0.15, 0.2) is 0 Å². The molecule has 1 aliphatic carbocycles. The van der Waals surface area contributed by atoms with E-state index in [9.17, 15) is 4.79 Å². The fourth-order valence-electron chi connectivity index (χ4n) is 4.03. The van der Waals surface area contributed by atoms with Crippen molar-refractivity contribution in [3.8, 4) is 0 Å². The van der Waals surface area contributed by atoms with Gasteiger partial charge in [-0.05, 0) is 88.6 Å². The molecule has 5 heteroatoms. The van der Waals surface area contributed by atoms with E-state index in [1.54, 1.807) is 11.3 Å². The predicted molar refractivity (Wildman–Crippen MR) is 140 cm³/mol. The number of para-hydroxylation sites is 1. The van der Waals surface area contributed by atoms with Crippen molar-refractivity contribution in [1.82, 2.24) is 0 Å². The molecule has 1 heterocycles. The van der Waals surface area contributed by atoms with E-state index >= 15 is 0 Å². The van der Waals surface area contributed by atoms with Gasteiger partial charge in [-0.3, -0.25) is 4.79 Å². The van der Waals surface area contributed by atoms with Gasteiger partial charge in [-0.1, -0.05) is 51.1 Å². The molecule has 3 aromatic rings. The maximum atomic E-state index is 13.3. The molecule has 0 unspecified atom stereocenters. The number of amides is 1. The molecule has 0 fully saturated rings. The number of fused-ring (bicyclic) bond motifs is 1. The number of nitrogens with zero attached hydrogens (tertiary/aromatic N) is 1. The first-order chi connectivity index (χ1) is 14.8. The summed E-state index contributed by atoms with van der Waals surface area (Å²) < 4.78 is 1.19. The van der Waals surface area contributed by atoms with Crippen molar-refractivity contribution >= 4 is 56.7 Å². The minimum Gasteiger partial charge on any atom is -0.322 e. The highest BCUT2D eigenvalue weighted by molar-refractivity contribution is 14.1. The summed E-state index contributed by atoms with van der Waals surface area (Å²) in [5.74, 6) is 0.560. The molecule has 1 amide bonds. The molecule has 160 valence electrons. The molecule has 0 saturated carbocycles. The van der Waals surface area contributed by atoms with Crippen LogP contribution in [0.25, 0.3) is 0 Å². The summed E-state index contributed by atoms with van der Waals surface area (Å²) in [6, 6.07) is 17.9. The number of thiophene rings is 1. The van der Waals surface area contributed by atoms with E-state index in [-0.39, 0.29) is 11.3 Å². The molecule has 31 heavy (non-hydrogen) atoms. The molecule has 0 saturated heterocycles. The van der Waals surface area contributed by atoms with Gasteiger partial charge in [0.1, 0.15) is 5.00 Å². The Morgan fingerprint density at radius 1 is 1.13 bits per heavy atom. The first kappa shape index (κ1) is 22.2. The van der Waals surface area contributed by atoms with Crippen LogP contribution < -0.4 is 5.32 Å². The van der Waals surface area contributed by atoms with Crippen LogP contribution in [0.1, 0.15) is 53.6 Å². The number of nitrogens with one attached hydrogen (secondary N) is 1. The third-order valence-corrected chi connectivity index (χ3v) is 7.81. The van der Waals surface area contributed by atoms with Crippen LogP contribution in [0.3, 0.4) is 0 Å². The summed E-state index contributed by atoms with van der Waals surface area (Å²) in [5, 5.41) is 3.89. The second-order valence-corrected chi connectivity index (χ2v) is 11.4. The first-order valence-corrected chi connectivity index (χ1v) is 12.5. The summed E-state index contributed by atoms with van der Waals surface area (Å²) >= 11 is 3.98. The van der Waals surface area contributed by atoms with Crippen LogP contribution in [-0.4, -0.2) is 12.1 Å². The summed E-state index contributed by atoms with van der Waals surface area (Å²) in [4.78, 5) is 19.4. The van der Waals surface area contributed by atoms with Crippen molar-refractivity contribution in [2.45, 2.75) is 40.0 Å². The number of halogens is 1. The number of benzene rings is 2. The van der Waals surface area contributed by atoms with E-state index in [0.717, 1.165) is 41.1 Å². The Labute approximate surface area is 202 Å². The van der Waals surface area contributed by atoms with Gasteiger partial charge in [0.2, 0.25) is 0 Å². The van der Waals surface area contributed by atoms with Gasteiger partial charge in [0, 0.05) is 20.3 Å². The van der Waals surface area contributed by atoms with Gasteiger partial charge < -0.3 is 5.32 Å². The number of carbonyl (C=O) groups excluding carboxylic acids is 1. The lowest BCUT2D eigenvalue weighted by molar-refractivity contribution is 0.102. The van der Waals surface area contributed by atoms with Crippen LogP contribution in [0.4, 0.5) is 10.7 Å². The Morgan fingerprint density at radius 2 is 1.84 bits per heavy atom. The molecule has 1 aliphatic rings. The molecule has 2 aromatic carbocycles. The number of rotatable bonds is 4. The zero-order valence-electron chi connectivity index (χ0n) is 18.1. The number of hydrogen-bond donors (Lipinski definition) is 1. The van der Waals surface area contributed by atoms with Crippen molar-refractivity contribution in [3.63, 3.8) is 0 Å². The smallest absolute Gasteiger partial charge is 0.259 e. The van der Waals surface area contributed by atoms with E-state index in [1.807, 2.05) is 36.5 Å². The topological polar surface area (TPSA) is 41.5 Å². The van der Waals surface area contributed by atoms with Gasteiger partial charge in [-0.25, -0.2) is 4.99 Å². The van der Waals surface area contributed by atoms with Gasteiger partial charge in [0.05, 0.1) is 5.56 Å². The van der Waals surface area contributed by atoms with Crippen molar-refractivity contribution in [2.75, 3.05) is 5.32 Å². The molecule has 4 rings (SSSR count). The highest BCUT2D eigenvalue weighted by Gasteiger charge is 2.33. The van der Waals surface area contributed by atoms with Crippen molar-refractivity contribution in [3.05, 3.63) is 79.7 Å². The van der Waals surface area contributed by atoms with E-state index in [1.165, 1.54) is 14.0 Å². The van der Waals surface area contributed by atoms with Gasteiger partial charge in [0.25, 0.3) is 5.91 Å². The fourth-order valence-corrected chi connectivity index (χ4v) is 5.66. The number of aliphatic imine (C=N–C) groups is 1. The molecular formula is C26H27IN2OS. The Hall–Kier alpha value is -1.99. The molecule has 0 spiro atoms. The second-order valence-electron chi connectivity index (χ2n) is 9.12. The minimum atomic E-state index is -0.0623. The summed E-state index contributed by atoms with van der Waals surface area (Å²) in [5.41, 5.74) is 4.04. The highest BCUT2D eigenvalue weighted by atomic mass is 127. The second kappa shape index (κ2) is 9.25. The average molecular weight is 542 g/mol. The van der Waals surface area contributed by atoms with Crippen LogP contribution in [0.5, 0.6) is 0 Å². The lowest BCUT2D eigenvalue weighted by Crippen LogP contribution is -2.27. The SMILES string of the molecule is CC(C)(C)[C@@H]1CCc2c(sc(N=Cc3ccc(I)cc3)c2C(=O)Nc2ccccc2)C1. The lowest BCUT2D eigenvalue weighted by Gasteiger charge is -2.33. The maximum absolute atomic E-state index is 13.3. The van der Waals surface area contributed by atoms with E-state index < -0.39 is 0 Å². The van der Waals surface area contributed by atoms with Crippen molar-refractivity contribution < 1.29 is 4.79 Å². The number of carbonyl (C=O) groups is 1. The monoisotopic (exact) mass is 542 g/mol. The third-order valence-electron chi connectivity index (χ3n) is 5.93. The largest absolute Gasteiger partial charge is 0.322 e. The molecule has 0 aliphatic heterocycles. The normalized spacial score (nSPS) is 16.3. The minimum absolute atomic E-state index is 0.0623. The Balaban J connectivity index is 1.69. The van der Waals surface area contributed by atoms with Crippen molar-refractivity contribution in [1.29, 1.82) is 0 Å².